The van der Waals surface area contributed by atoms with Crippen LogP contribution in [0.2, 0.25) is 5.02 Å². The molecule has 0 radical (unpaired) electrons. The molecule has 20 heavy (non-hydrogen) atoms. The topological polar surface area (TPSA) is 24.9 Å². The molecule has 3 unspecified atom stereocenters. The lowest BCUT2D eigenvalue weighted by atomic mass is 9.74. The molecule has 3 heteroatoms. The lowest BCUT2D eigenvalue weighted by Crippen LogP contribution is -2.42. The van der Waals surface area contributed by atoms with E-state index < -0.39 is 0 Å². The summed E-state index contributed by atoms with van der Waals surface area (Å²) >= 11 is 6.28. The normalized spacial score (nSPS) is 26.6. The van der Waals surface area contributed by atoms with Gasteiger partial charge in [-0.2, -0.15) is 0 Å². The van der Waals surface area contributed by atoms with Gasteiger partial charge in [0, 0.05) is 18.4 Å². The maximum absolute atomic E-state index is 6.28. The number of hydrogen-bond donors (Lipinski definition) is 1. The third-order valence-electron chi connectivity index (χ3n) is 4.66. The molecule has 0 bridgehead atoms. The molecule has 1 aromatic heterocycles. The van der Waals surface area contributed by atoms with E-state index in [0.29, 0.717) is 12.0 Å². The lowest BCUT2D eigenvalue weighted by Gasteiger charge is -2.37. The highest BCUT2D eigenvalue weighted by atomic mass is 35.5. The monoisotopic (exact) mass is 294 g/mol. The Hall–Kier alpha value is -0.600. The van der Waals surface area contributed by atoms with Crippen LogP contribution in [0.3, 0.4) is 0 Å². The molecule has 0 aromatic carbocycles. The fourth-order valence-electron chi connectivity index (χ4n) is 3.41. The van der Waals surface area contributed by atoms with E-state index in [0.717, 1.165) is 23.9 Å². The smallest absolute Gasteiger partial charge is 0.0621 e. The van der Waals surface area contributed by atoms with Gasteiger partial charge in [0.15, 0.2) is 0 Å². The molecule has 1 aromatic rings. The maximum Gasteiger partial charge on any atom is 0.0621 e. The Balaban J connectivity index is 2.04. The van der Waals surface area contributed by atoms with E-state index in [1.807, 2.05) is 6.20 Å². The van der Waals surface area contributed by atoms with Crippen molar-refractivity contribution >= 4 is 11.6 Å². The largest absolute Gasteiger partial charge is 0.314 e. The molecule has 112 valence electrons. The van der Waals surface area contributed by atoms with Gasteiger partial charge in [0.05, 0.1) is 5.02 Å². The SMILES string of the molecule is CCCNC1CCC(CC)CC1Cc1ccncc1Cl. The maximum atomic E-state index is 6.28. The van der Waals surface area contributed by atoms with Gasteiger partial charge in [-0.15, -0.1) is 0 Å². The predicted octanol–water partition coefficient (Wildman–Crippen LogP) is 4.47. The summed E-state index contributed by atoms with van der Waals surface area (Å²) < 4.78 is 0. The summed E-state index contributed by atoms with van der Waals surface area (Å²) in [6.07, 6.45) is 11.2. The van der Waals surface area contributed by atoms with Crippen molar-refractivity contribution in [3.63, 3.8) is 0 Å². The number of nitrogens with one attached hydrogen (secondary N) is 1. The molecular formula is C17H27ClN2. The average Bonchev–Trinajstić information content (AvgIpc) is 2.48. The first-order chi connectivity index (χ1) is 9.74. The third kappa shape index (κ3) is 4.20. The minimum absolute atomic E-state index is 0.655. The molecule has 0 spiro atoms. The molecule has 0 aliphatic heterocycles. The van der Waals surface area contributed by atoms with Crippen LogP contribution >= 0.6 is 11.6 Å². The first-order valence-electron chi connectivity index (χ1n) is 8.06. The number of halogens is 1. The standard InChI is InChI=1S/C17H27ClN2/c1-3-8-20-17-6-5-13(4-2)10-15(17)11-14-7-9-19-12-16(14)18/h7,9,12-13,15,17,20H,3-6,8,10-11H2,1-2H3. The van der Waals surface area contributed by atoms with Crippen LogP contribution in [0.5, 0.6) is 0 Å². The zero-order valence-electron chi connectivity index (χ0n) is 12.7. The highest BCUT2D eigenvalue weighted by Crippen LogP contribution is 2.34. The Kier molecular flexibility index (Phi) is 6.31. The third-order valence-corrected chi connectivity index (χ3v) is 5.00. The first-order valence-corrected chi connectivity index (χ1v) is 8.44. The van der Waals surface area contributed by atoms with Crippen molar-refractivity contribution in [2.45, 2.75) is 58.4 Å². The van der Waals surface area contributed by atoms with Crippen LogP contribution in [-0.4, -0.2) is 17.6 Å². The number of aromatic nitrogens is 1. The Labute approximate surface area is 128 Å². The Morgan fingerprint density at radius 3 is 2.90 bits per heavy atom. The van der Waals surface area contributed by atoms with E-state index in [2.05, 4.69) is 30.2 Å². The van der Waals surface area contributed by atoms with Crippen LogP contribution < -0.4 is 5.32 Å². The molecule has 1 aliphatic rings. The van der Waals surface area contributed by atoms with Crippen molar-refractivity contribution < 1.29 is 0 Å². The molecule has 1 fully saturated rings. The number of hydrogen-bond acceptors (Lipinski definition) is 2. The fraction of sp³-hybridized carbons (Fsp3) is 0.706. The van der Waals surface area contributed by atoms with Crippen molar-refractivity contribution in [2.24, 2.45) is 11.8 Å². The molecular weight excluding hydrogens is 268 g/mol. The van der Waals surface area contributed by atoms with Gasteiger partial charge >= 0.3 is 0 Å². The van der Waals surface area contributed by atoms with Crippen molar-refractivity contribution in [3.05, 3.63) is 29.0 Å². The summed E-state index contributed by atoms with van der Waals surface area (Å²) in [4.78, 5) is 4.09. The molecule has 2 nitrogen and oxygen atoms in total. The van der Waals surface area contributed by atoms with Gasteiger partial charge in [-0.1, -0.05) is 31.9 Å². The van der Waals surface area contributed by atoms with Crippen molar-refractivity contribution in [2.75, 3.05) is 6.54 Å². The van der Waals surface area contributed by atoms with Gasteiger partial charge in [0.25, 0.3) is 0 Å². The number of rotatable bonds is 6. The van der Waals surface area contributed by atoms with Gasteiger partial charge in [-0.25, -0.2) is 0 Å². The zero-order valence-corrected chi connectivity index (χ0v) is 13.5. The lowest BCUT2D eigenvalue weighted by molar-refractivity contribution is 0.198. The van der Waals surface area contributed by atoms with Gasteiger partial charge < -0.3 is 5.32 Å². The van der Waals surface area contributed by atoms with Crippen LogP contribution in [0.1, 0.15) is 51.5 Å². The summed E-state index contributed by atoms with van der Waals surface area (Å²) in [6, 6.07) is 2.73. The molecule has 1 N–H and O–H groups in total. The van der Waals surface area contributed by atoms with Gasteiger partial charge in [0.1, 0.15) is 0 Å². The van der Waals surface area contributed by atoms with Gasteiger partial charge in [-0.05, 0) is 62.1 Å². The quantitative estimate of drug-likeness (QED) is 0.837. The average molecular weight is 295 g/mol. The summed E-state index contributed by atoms with van der Waals surface area (Å²) in [5, 5.41) is 4.57. The van der Waals surface area contributed by atoms with Gasteiger partial charge in [-0.3, -0.25) is 4.98 Å². The molecule has 0 saturated heterocycles. The van der Waals surface area contributed by atoms with Crippen LogP contribution in [0, 0.1) is 11.8 Å². The van der Waals surface area contributed by atoms with E-state index in [4.69, 9.17) is 11.6 Å². The van der Waals surface area contributed by atoms with E-state index in [9.17, 15) is 0 Å². The molecule has 1 saturated carbocycles. The number of nitrogens with zero attached hydrogens (tertiary/aromatic N) is 1. The summed E-state index contributed by atoms with van der Waals surface area (Å²) in [6.45, 7) is 5.68. The second kappa shape index (κ2) is 7.99. The zero-order chi connectivity index (χ0) is 14.4. The van der Waals surface area contributed by atoms with Crippen LogP contribution in [0.4, 0.5) is 0 Å². The first kappa shape index (κ1) is 15.8. The highest BCUT2D eigenvalue weighted by Gasteiger charge is 2.29. The minimum atomic E-state index is 0.655. The van der Waals surface area contributed by atoms with E-state index >= 15 is 0 Å². The second-order valence-electron chi connectivity index (χ2n) is 6.08. The summed E-state index contributed by atoms with van der Waals surface area (Å²) in [7, 11) is 0. The van der Waals surface area contributed by atoms with E-state index in [-0.39, 0.29) is 0 Å². The van der Waals surface area contributed by atoms with Crippen molar-refractivity contribution in [1.82, 2.24) is 10.3 Å². The Morgan fingerprint density at radius 2 is 2.20 bits per heavy atom. The molecule has 1 heterocycles. The van der Waals surface area contributed by atoms with Crippen LogP contribution in [0.15, 0.2) is 18.5 Å². The Morgan fingerprint density at radius 1 is 1.35 bits per heavy atom. The number of pyridine rings is 1. The molecule has 0 amide bonds. The van der Waals surface area contributed by atoms with E-state index in [1.54, 1.807) is 6.20 Å². The highest BCUT2D eigenvalue weighted by molar-refractivity contribution is 6.31. The van der Waals surface area contributed by atoms with Crippen molar-refractivity contribution in [3.8, 4) is 0 Å². The van der Waals surface area contributed by atoms with Crippen LogP contribution in [-0.2, 0) is 6.42 Å². The Bertz CT molecular complexity index is 408. The second-order valence-corrected chi connectivity index (χ2v) is 6.49. The predicted molar refractivity (Wildman–Crippen MR) is 86.2 cm³/mol. The molecule has 2 rings (SSSR count). The fourth-order valence-corrected chi connectivity index (χ4v) is 3.60. The molecule has 3 atom stereocenters. The summed E-state index contributed by atoms with van der Waals surface area (Å²) in [5.41, 5.74) is 1.26. The van der Waals surface area contributed by atoms with E-state index in [1.165, 1.54) is 37.7 Å². The minimum Gasteiger partial charge on any atom is -0.314 e. The summed E-state index contributed by atoms with van der Waals surface area (Å²) in [5.74, 6) is 1.60. The molecule has 1 aliphatic carbocycles. The van der Waals surface area contributed by atoms with Crippen molar-refractivity contribution in [1.29, 1.82) is 0 Å². The van der Waals surface area contributed by atoms with Gasteiger partial charge in [0.2, 0.25) is 0 Å². The van der Waals surface area contributed by atoms with Crippen LogP contribution in [0.25, 0.3) is 0 Å².